The molecule has 0 saturated heterocycles. The average molecular weight is 299 g/mol. The summed E-state index contributed by atoms with van der Waals surface area (Å²) in [5, 5.41) is 0.987. The molecule has 0 radical (unpaired) electrons. The highest BCUT2D eigenvalue weighted by atomic mass is 16.5. The molecular weight excluding hydrogens is 278 g/mol. The third kappa shape index (κ3) is 3.06. The first-order valence-corrected chi connectivity index (χ1v) is 7.84. The van der Waals surface area contributed by atoms with Gasteiger partial charge in [-0.3, -0.25) is 9.78 Å². The van der Waals surface area contributed by atoms with E-state index in [4.69, 9.17) is 14.5 Å². The van der Waals surface area contributed by atoms with E-state index in [0.717, 1.165) is 27.9 Å². The molecule has 1 saturated carbocycles. The van der Waals surface area contributed by atoms with E-state index in [2.05, 4.69) is 6.07 Å². The summed E-state index contributed by atoms with van der Waals surface area (Å²) in [7, 11) is 1.65. The molecule has 4 heteroatoms. The number of aromatic nitrogens is 1. The van der Waals surface area contributed by atoms with Crippen molar-refractivity contribution >= 4 is 17.4 Å². The van der Waals surface area contributed by atoms with Crippen LogP contribution in [0.1, 0.15) is 49.3 Å². The molecule has 0 unspecified atom stereocenters. The Hall–Kier alpha value is -2.10. The van der Waals surface area contributed by atoms with Gasteiger partial charge in [-0.15, -0.1) is 0 Å². The number of carbonyl (C=O) groups is 1. The zero-order valence-electron chi connectivity index (χ0n) is 12.9. The van der Waals surface area contributed by atoms with Crippen LogP contribution in [0.25, 0.3) is 10.9 Å². The van der Waals surface area contributed by atoms with Crippen LogP contribution in [-0.2, 0) is 16.1 Å². The molecule has 0 atom stereocenters. The molecule has 0 bridgehead atoms. The van der Waals surface area contributed by atoms with E-state index in [-0.39, 0.29) is 6.61 Å². The lowest BCUT2D eigenvalue weighted by atomic mass is 9.86. The minimum absolute atomic E-state index is 0.273. The van der Waals surface area contributed by atoms with Crippen molar-refractivity contribution in [2.75, 3.05) is 7.11 Å². The molecule has 1 aliphatic rings. The number of pyridine rings is 1. The number of nitrogens with zero attached hydrogens (tertiary/aromatic N) is 1. The van der Waals surface area contributed by atoms with Crippen LogP contribution < -0.4 is 4.74 Å². The lowest BCUT2D eigenvalue weighted by Crippen LogP contribution is -2.08. The zero-order valence-corrected chi connectivity index (χ0v) is 12.9. The van der Waals surface area contributed by atoms with Crippen LogP contribution >= 0.6 is 0 Å². The summed E-state index contributed by atoms with van der Waals surface area (Å²) in [5.74, 6) is 1.31. The molecule has 22 heavy (non-hydrogen) atoms. The molecule has 0 spiro atoms. The van der Waals surface area contributed by atoms with E-state index in [0.29, 0.717) is 12.4 Å². The van der Waals surface area contributed by atoms with Gasteiger partial charge >= 0.3 is 0 Å². The molecule has 1 heterocycles. The van der Waals surface area contributed by atoms with Crippen LogP contribution in [0.15, 0.2) is 24.3 Å². The van der Waals surface area contributed by atoms with Crippen molar-refractivity contribution in [3.05, 3.63) is 35.5 Å². The van der Waals surface area contributed by atoms with Gasteiger partial charge in [-0.25, -0.2) is 0 Å². The third-order valence-electron chi connectivity index (χ3n) is 4.45. The largest absolute Gasteiger partial charge is 0.497 e. The normalized spacial score (nSPS) is 15.7. The second-order valence-corrected chi connectivity index (χ2v) is 5.83. The van der Waals surface area contributed by atoms with Gasteiger partial charge in [-0.1, -0.05) is 19.3 Å². The number of hydrogen-bond donors (Lipinski definition) is 0. The maximum Gasteiger partial charge on any atom is 0.293 e. The van der Waals surface area contributed by atoms with Crippen LogP contribution in [0.4, 0.5) is 0 Å². The Morgan fingerprint density at radius 1 is 1.23 bits per heavy atom. The number of ether oxygens (including phenoxy) is 2. The van der Waals surface area contributed by atoms with E-state index in [1.165, 1.54) is 32.1 Å². The van der Waals surface area contributed by atoms with E-state index in [9.17, 15) is 4.79 Å². The lowest BCUT2D eigenvalue weighted by Gasteiger charge is -2.22. The SMILES string of the molecule is COc1ccc2nc(C3CCCCC3)cc(COC=O)c2c1. The van der Waals surface area contributed by atoms with Gasteiger partial charge in [0.1, 0.15) is 12.4 Å². The maximum absolute atomic E-state index is 10.6. The smallest absolute Gasteiger partial charge is 0.293 e. The van der Waals surface area contributed by atoms with E-state index >= 15 is 0 Å². The fraction of sp³-hybridized carbons (Fsp3) is 0.444. The number of rotatable bonds is 5. The van der Waals surface area contributed by atoms with E-state index in [1.54, 1.807) is 7.11 Å². The second-order valence-electron chi connectivity index (χ2n) is 5.83. The molecule has 0 amide bonds. The van der Waals surface area contributed by atoms with Gasteiger partial charge in [0.05, 0.1) is 12.6 Å². The Morgan fingerprint density at radius 2 is 2.05 bits per heavy atom. The number of methoxy groups -OCH3 is 1. The van der Waals surface area contributed by atoms with Gasteiger partial charge in [-0.2, -0.15) is 0 Å². The van der Waals surface area contributed by atoms with Crippen molar-refractivity contribution < 1.29 is 14.3 Å². The number of benzene rings is 1. The second kappa shape index (κ2) is 6.77. The van der Waals surface area contributed by atoms with Gasteiger partial charge in [0.2, 0.25) is 0 Å². The Bertz CT molecular complexity index is 663. The lowest BCUT2D eigenvalue weighted by molar-refractivity contribution is -0.129. The molecule has 3 rings (SSSR count). The number of fused-ring (bicyclic) bond motifs is 1. The summed E-state index contributed by atoms with van der Waals surface area (Å²) in [6, 6.07) is 7.95. The van der Waals surface area contributed by atoms with Crippen molar-refractivity contribution in [3.8, 4) is 5.75 Å². The minimum atomic E-state index is 0.273. The summed E-state index contributed by atoms with van der Waals surface area (Å²) in [5.41, 5.74) is 3.06. The molecule has 0 N–H and O–H groups in total. The molecule has 4 nitrogen and oxygen atoms in total. The first kappa shape index (κ1) is 14.8. The summed E-state index contributed by atoms with van der Waals surface area (Å²) >= 11 is 0. The Morgan fingerprint density at radius 3 is 2.77 bits per heavy atom. The third-order valence-corrected chi connectivity index (χ3v) is 4.45. The predicted octanol–water partition coefficient (Wildman–Crippen LogP) is 3.96. The van der Waals surface area contributed by atoms with Crippen molar-refractivity contribution in [2.24, 2.45) is 0 Å². The van der Waals surface area contributed by atoms with Crippen molar-refractivity contribution in [2.45, 2.75) is 44.6 Å². The first-order chi connectivity index (χ1) is 10.8. The highest BCUT2D eigenvalue weighted by molar-refractivity contribution is 5.84. The van der Waals surface area contributed by atoms with Gasteiger partial charge < -0.3 is 9.47 Å². The zero-order chi connectivity index (χ0) is 15.4. The predicted molar refractivity (Wildman–Crippen MR) is 85.0 cm³/mol. The first-order valence-electron chi connectivity index (χ1n) is 7.84. The van der Waals surface area contributed by atoms with E-state index < -0.39 is 0 Å². The van der Waals surface area contributed by atoms with Crippen LogP contribution in [-0.4, -0.2) is 18.6 Å². The van der Waals surface area contributed by atoms with Crippen LogP contribution in [0.2, 0.25) is 0 Å². The topological polar surface area (TPSA) is 48.4 Å². The van der Waals surface area contributed by atoms with Crippen LogP contribution in [0.5, 0.6) is 5.75 Å². The number of carbonyl (C=O) groups excluding carboxylic acids is 1. The Kier molecular flexibility index (Phi) is 4.56. The summed E-state index contributed by atoms with van der Waals surface area (Å²) in [6.45, 7) is 0.766. The molecule has 1 aromatic heterocycles. The van der Waals surface area contributed by atoms with Crippen molar-refractivity contribution in [1.29, 1.82) is 0 Å². The number of hydrogen-bond acceptors (Lipinski definition) is 4. The molecular formula is C18H21NO3. The molecule has 1 aromatic carbocycles. The highest BCUT2D eigenvalue weighted by Crippen LogP contribution is 2.34. The van der Waals surface area contributed by atoms with Gasteiger partial charge in [0, 0.05) is 22.6 Å². The Labute approximate surface area is 130 Å². The fourth-order valence-electron chi connectivity index (χ4n) is 3.28. The highest BCUT2D eigenvalue weighted by Gasteiger charge is 2.18. The molecule has 0 aliphatic heterocycles. The molecule has 1 fully saturated rings. The monoisotopic (exact) mass is 299 g/mol. The summed E-state index contributed by atoms with van der Waals surface area (Å²) in [4.78, 5) is 15.4. The molecule has 2 aromatic rings. The van der Waals surface area contributed by atoms with Gasteiger partial charge in [0.25, 0.3) is 6.47 Å². The summed E-state index contributed by atoms with van der Waals surface area (Å²) in [6.07, 6.45) is 6.26. The standard InChI is InChI=1S/C18H21NO3/c1-21-15-7-8-17-16(10-15)14(11-22-12-20)9-18(19-17)13-5-3-2-4-6-13/h7-10,12-13H,2-6,11H2,1H3. The van der Waals surface area contributed by atoms with Crippen molar-refractivity contribution in [1.82, 2.24) is 4.98 Å². The average Bonchev–Trinajstić information content (AvgIpc) is 2.59. The maximum atomic E-state index is 10.6. The van der Waals surface area contributed by atoms with E-state index in [1.807, 2.05) is 18.2 Å². The fourth-order valence-corrected chi connectivity index (χ4v) is 3.28. The van der Waals surface area contributed by atoms with Crippen LogP contribution in [0, 0.1) is 0 Å². The van der Waals surface area contributed by atoms with Crippen LogP contribution in [0.3, 0.4) is 0 Å². The summed E-state index contributed by atoms with van der Waals surface area (Å²) < 4.78 is 10.3. The molecule has 116 valence electrons. The minimum Gasteiger partial charge on any atom is -0.497 e. The van der Waals surface area contributed by atoms with Gasteiger partial charge in [-0.05, 0) is 37.1 Å². The Balaban J connectivity index is 2.04. The van der Waals surface area contributed by atoms with Gasteiger partial charge in [0.15, 0.2) is 0 Å². The van der Waals surface area contributed by atoms with Crippen molar-refractivity contribution in [3.63, 3.8) is 0 Å². The quantitative estimate of drug-likeness (QED) is 0.784. The molecule has 1 aliphatic carbocycles.